The number of ether oxygens (including phenoxy) is 2. The highest BCUT2D eigenvalue weighted by Crippen LogP contribution is 2.61. The van der Waals surface area contributed by atoms with Crippen molar-refractivity contribution in [1.29, 1.82) is 0 Å². The second-order valence-corrected chi connectivity index (χ2v) is 16.0. The van der Waals surface area contributed by atoms with Crippen LogP contribution in [0.3, 0.4) is 0 Å². The van der Waals surface area contributed by atoms with E-state index in [1.54, 1.807) is 29.0 Å². The minimum atomic E-state index is -1.33. The zero-order valence-corrected chi connectivity index (χ0v) is 31.6. The number of alkyl halides is 1. The van der Waals surface area contributed by atoms with E-state index in [-0.39, 0.29) is 42.1 Å². The Morgan fingerprint density at radius 1 is 1.18 bits per heavy atom. The fraction of sp³-hybridized carbons (Fsp3) is 0.632. The lowest BCUT2D eigenvalue weighted by molar-refractivity contribution is -0.165. The quantitative estimate of drug-likeness (QED) is 0.152. The van der Waals surface area contributed by atoms with E-state index in [1.165, 1.54) is 4.90 Å². The third kappa shape index (κ3) is 7.13. The van der Waals surface area contributed by atoms with Crippen molar-refractivity contribution in [1.82, 2.24) is 14.7 Å². The standard InChI is InChI=1S/C38H54BrN3O7/c1-10-13-19-28(44)40(9)24(5)31(25-17-15-14-16-18-25)48-36(47)29-30-34(45)42(27(22-43)23(4)12-3)33(38(30)21-26(39)32(29)49-38)35(46)41(20-11-2)37(6,7)8/h10-11,14-18,23-24,26-27,29-33,43H,1-2,12-13,19-22H2,3-9H3/t23-,24+,26?,27-,29+,30-,31-,32+,33+,38-/m0/s1. The monoisotopic (exact) mass is 743 g/mol. The largest absolute Gasteiger partial charge is 0.455 e. The van der Waals surface area contributed by atoms with Crippen LogP contribution in [0.1, 0.15) is 78.9 Å². The average molecular weight is 745 g/mol. The average Bonchev–Trinajstić information content (AvgIpc) is 3.67. The van der Waals surface area contributed by atoms with Gasteiger partial charge in [-0.15, -0.1) is 13.2 Å². The van der Waals surface area contributed by atoms with Gasteiger partial charge in [-0.3, -0.25) is 19.2 Å². The van der Waals surface area contributed by atoms with Gasteiger partial charge in [-0.25, -0.2) is 0 Å². The Morgan fingerprint density at radius 2 is 1.84 bits per heavy atom. The minimum Gasteiger partial charge on any atom is -0.455 e. The molecule has 3 aliphatic rings. The number of carbonyl (C=O) groups is 4. The minimum absolute atomic E-state index is 0.113. The van der Waals surface area contributed by atoms with E-state index in [2.05, 4.69) is 29.1 Å². The lowest BCUT2D eigenvalue weighted by Gasteiger charge is -2.44. The van der Waals surface area contributed by atoms with E-state index < -0.39 is 65.2 Å². The number of rotatable bonds is 15. The van der Waals surface area contributed by atoms with Crippen molar-refractivity contribution in [3.05, 3.63) is 61.2 Å². The molecule has 0 aliphatic carbocycles. The lowest BCUT2D eigenvalue weighted by Crippen LogP contribution is -2.62. The molecule has 1 unspecified atom stereocenters. The predicted octanol–water partition coefficient (Wildman–Crippen LogP) is 5.05. The molecule has 3 heterocycles. The topological polar surface area (TPSA) is 117 Å². The van der Waals surface area contributed by atoms with Gasteiger partial charge in [0.2, 0.25) is 17.7 Å². The van der Waals surface area contributed by atoms with Gasteiger partial charge in [0.05, 0.1) is 36.6 Å². The maximum absolute atomic E-state index is 14.8. The van der Waals surface area contributed by atoms with Gasteiger partial charge in [0, 0.05) is 30.4 Å². The molecule has 1 aromatic rings. The summed E-state index contributed by atoms with van der Waals surface area (Å²) in [7, 11) is 1.69. The Balaban J connectivity index is 1.79. The third-order valence-corrected chi connectivity index (χ3v) is 11.7. The Hall–Kier alpha value is -3.02. The first-order valence-corrected chi connectivity index (χ1v) is 18.3. The SMILES string of the molecule is C=CCCC(=O)N(C)[C@H](C)[C@H](OC(=O)[C@H]1[C@@H]2O[C@@]3(CC2Br)[C@@H]1C(=O)N([C@@H](CO)[C@@H](C)CC)[C@@H]3C(=O)N(CC=C)C(C)(C)C)c1ccccc1. The number of allylic oxidation sites excluding steroid dienone is 1. The molecule has 2 bridgehead atoms. The van der Waals surface area contributed by atoms with E-state index in [0.717, 1.165) is 0 Å². The summed E-state index contributed by atoms with van der Waals surface area (Å²) < 4.78 is 13.1. The first-order chi connectivity index (χ1) is 23.1. The molecule has 270 valence electrons. The maximum atomic E-state index is 14.8. The number of esters is 1. The number of hydrogen-bond acceptors (Lipinski definition) is 7. The van der Waals surface area contributed by atoms with Crippen LogP contribution in [0, 0.1) is 17.8 Å². The van der Waals surface area contributed by atoms with Gasteiger partial charge in [-0.1, -0.05) is 78.7 Å². The van der Waals surface area contributed by atoms with E-state index in [0.29, 0.717) is 24.8 Å². The first kappa shape index (κ1) is 38.8. The number of aliphatic hydroxyl groups excluding tert-OH is 1. The summed E-state index contributed by atoms with van der Waals surface area (Å²) in [6.07, 6.45) is 3.56. The van der Waals surface area contributed by atoms with Crippen molar-refractivity contribution in [2.75, 3.05) is 20.2 Å². The third-order valence-electron chi connectivity index (χ3n) is 10.8. The summed E-state index contributed by atoms with van der Waals surface area (Å²) in [6.45, 7) is 19.0. The number of aliphatic hydroxyl groups is 1. The smallest absolute Gasteiger partial charge is 0.313 e. The maximum Gasteiger partial charge on any atom is 0.313 e. The number of fused-ring (bicyclic) bond motifs is 1. The zero-order valence-electron chi connectivity index (χ0n) is 30.0. The van der Waals surface area contributed by atoms with Crippen molar-refractivity contribution in [3.8, 4) is 0 Å². The number of nitrogens with zero attached hydrogens (tertiary/aromatic N) is 3. The highest BCUT2D eigenvalue weighted by molar-refractivity contribution is 9.09. The van der Waals surface area contributed by atoms with E-state index in [4.69, 9.17) is 9.47 Å². The molecule has 1 spiro atoms. The van der Waals surface area contributed by atoms with Gasteiger partial charge >= 0.3 is 5.97 Å². The molecule has 4 rings (SSSR count). The fourth-order valence-electron chi connectivity index (χ4n) is 7.88. The van der Waals surface area contributed by atoms with Gasteiger partial charge < -0.3 is 29.3 Å². The molecule has 3 saturated heterocycles. The number of likely N-dealkylation sites (N-methyl/N-ethyl adjacent to an activating group) is 1. The van der Waals surface area contributed by atoms with Gasteiger partial charge in [-0.05, 0) is 52.0 Å². The summed E-state index contributed by atoms with van der Waals surface area (Å²) in [5.74, 6) is -3.61. The summed E-state index contributed by atoms with van der Waals surface area (Å²) in [4.78, 5) is 61.6. The van der Waals surface area contributed by atoms with Gasteiger partial charge in [0.1, 0.15) is 17.7 Å². The van der Waals surface area contributed by atoms with E-state index >= 15 is 0 Å². The summed E-state index contributed by atoms with van der Waals surface area (Å²) in [6, 6.07) is 6.96. The Labute approximate surface area is 300 Å². The summed E-state index contributed by atoms with van der Waals surface area (Å²) in [5.41, 5.74) is -1.24. The molecule has 0 radical (unpaired) electrons. The molecule has 10 nitrogen and oxygen atoms in total. The van der Waals surface area contributed by atoms with E-state index in [9.17, 15) is 24.3 Å². The Morgan fingerprint density at radius 3 is 2.39 bits per heavy atom. The molecule has 0 aromatic heterocycles. The molecular formula is C38H54BrN3O7. The molecule has 11 heteroatoms. The number of likely N-dealkylation sites (tertiary alicyclic amines) is 1. The molecule has 0 saturated carbocycles. The van der Waals surface area contributed by atoms with Crippen LogP contribution in [-0.4, -0.2) is 104 Å². The number of benzene rings is 1. The second-order valence-electron chi connectivity index (χ2n) is 14.8. The molecule has 10 atom stereocenters. The van der Waals surface area contributed by atoms with Crippen LogP contribution in [0.25, 0.3) is 0 Å². The highest BCUT2D eigenvalue weighted by atomic mass is 79.9. The van der Waals surface area contributed by atoms with Crippen LogP contribution in [0.15, 0.2) is 55.6 Å². The van der Waals surface area contributed by atoms with Crippen molar-refractivity contribution in [2.24, 2.45) is 17.8 Å². The molecular weight excluding hydrogens is 690 g/mol. The number of carbonyl (C=O) groups excluding carboxylic acids is 4. The number of hydrogen-bond donors (Lipinski definition) is 1. The van der Waals surface area contributed by atoms with Crippen molar-refractivity contribution in [3.63, 3.8) is 0 Å². The summed E-state index contributed by atoms with van der Waals surface area (Å²) in [5, 5.41) is 10.7. The van der Waals surface area contributed by atoms with Crippen LogP contribution < -0.4 is 0 Å². The van der Waals surface area contributed by atoms with Crippen molar-refractivity contribution in [2.45, 2.75) is 114 Å². The molecule has 1 N–H and O–H groups in total. The van der Waals surface area contributed by atoms with Gasteiger partial charge in [0.15, 0.2) is 0 Å². The molecule has 49 heavy (non-hydrogen) atoms. The second kappa shape index (κ2) is 15.5. The van der Waals surface area contributed by atoms with Crippen LogP contribution >= 0.6 is 15.9 Å². The van der Waals surface area contributed by atoms with Crippen molar-refractivity contribution < 1.29 is 33.8 Å². The first-order valence-electron chi connectivity index (χ1n) is 17.4. The van der Waals surface area contributed by atoms with Crippen LogP contribution in [0.4, 0.5) is 0 Å². The van der Waals surface area contributed by atoms with Crippen LogP contribution in [0.2, 0.25) is 0 Å². The number of halogens is 1. The van der Waals surface area contributed by atoms with E-state index in [1.807, 2.05) is 71.9 Å². The Bertz CT molecular complexity index is 1400. The zero-order chi connectivity index (χ0) is 36.4. The Kier molecular flexibility index (Phi) is 12.2. The van der Waals surface area contributed by atoms with Gasteiger partial charge in [0.25, 0.3) is 0 Å². The fourth-order valence-corrected chi connectivity index (χ4v) is 8.83. The summed E-state index contributed by atoms with van der Waals surface area (Å²) >= 11 is 3.75. The van der Waals surface area contributed by atoms with Crippen LogP contribution in [0.5, 0.6) is 0 Å². The van der Waals surface area contributed by atoms with Crippen LogP contribution in [-0.2, 0) is 28.7 Å². The normalized spacial score (nSPS) is 28.3. The molecule has 3 fully saturated rings. The number of amides is 3. The van der Waals surface area contributed by atoms with Crippen molar-refractivity contribution >= 4 is 39.6 Å². The lowest BCUT2D eigenvalue weighted by atomic mass is 9.70. The predicted molar refractivity (Wildman–Crippen MR) is 191 cm³/mol. The molecule has 3 amide bonds. The molecule has 3 aliphatic heterocycles. The highest BCUT2D eigenvalue weighted by Gasteiger charge is 2.78. The van der Waals surface area contributed by atoms with Gasteiger partial charge in [-0.2, -0.15) is 0 Å². The molecule has 1 aromatic carbocycles.